The number of nitrogens with zero attached hydrogens (tertiary/aromatic N) is 1. The molecule has 100 valence electrons. The molecule has 0 radical (unpaired) electrons. The van der Waals surface area contributed by atoms with E-state index in [4.69, 9.17) is 10.5 Å². The van der Waals surface area contributed by atoms with Crippen LogP contribution in [-0.2, 0) is 4.79 Å². The summed E-state index contributed by atoms with van der Waals surface area (Å²) in [6, 6.07) is 7.79. The smallest absolute Gasteiger partial charge is 0.222 e. The molecule has 0 aliphatic carbocycles. The molecule has 1 rings (SSSR count). The predicted molar refractivity (Wildman–Crippen MR) is 72.7 cm³/mol. The molecule has 0 bridgehead atoms. The summed E-state index contributed by atoms with van der Waals surface area (Å²) in [5.41, 5.74) is 6.83. The molecule has 0 spiro atoms. The summed E-state index contributed by atoms with van der Waals surface area (Å²) < 4.78 is 5.39. The van der Waals surface area contributed by atoms with Gasteiger partial charge in [0, 0.05) is 26.4 Å². The Kier molecular flexibility index (Phi) is 5.65. The maximum Gasteiger partial charge on any atom is 0.222 e. The van der Waals surface area contributed by atoms with Crippen LogP contribution in [0.15, 0.2) is 24.3 Å². The molecule has 0 heterocycles. The van der Waals surface area contributed by atoms with Gasteiger partial charge in [0.15, 0.2) is 0 Å². The summed E-state index contributed by atoms with van der Waals surface area (Å²) in [5.74, 6) is 1.01. The minimum Gasteiger partial charge on any atom is -0.494 e. The van der Waals surface area contributed by atoms with Crippen molar-refractivity contribution in [3.05, 3.63) is 29.8 Å². The van der Waals surface area contributed by atoms with Crippen molar-refractivity contribution in [3.8, 4) is 5.75 Å². The van der Waals surface area contributed by atoms with E-state index in [-0.39, 0.29) is 11.8 Å². The molecule has 0 fully saturated rings. The third kappa shape index (κ3) is 4.04. The fraction of sp³-hybridized carbons (Fsp3) is 0.500. The molecule has 0 aliphatic rings. The average molecular weight is 250 g/mol. The van der Waals surface area contributed by atoms with Gasteiger partial charge in [-0.15, -0.1) is 0 Å². The zero-order valence-corrected chi connectivity index (χ0v) is 11.3. The van der Waals surface area contributed by atoms with Crippen LogP contribution in [0.4, 0.5) is 0 Å². The van der Waals surface area contributed by atoms with Crippen LogP contribution in [0.2, 0.25) is 0 Å². The van der Waals surface area contributed by atoms with Crippen LogP contribution in [-0.4, -0.2) is 38.1 Å². The summed E-state index contributed by atoms with van der Waals surface area (Å²) in [4.78, 5) is 13.3. The van der Waals surface area contributed by atoms with E-state index in [1.54, 1.807) is 19.0 Å². The van der Waals surface area contributed by atoms with Gasteiger partial charge >= 0.3 is 0 Å². The van der Waals surface area contributed by atoms with Crippen LogP contribution in [0.25, 0.3) is 0 Å². The molecule has 1 unspecified atom stereocenters. The lowest BCUT2D eigenvalue weighted by atomic mass is 9.95. The first-order valence-electron chi connectivity index (χ1n) is 6.21. The van der Waals surface area contributed by atoms with E-state index in [1.165, 1.54) is 0 Å². The lowest BCUT2D eigenvalue weighted by Crippen LogP contribution is -2.26. The molecule has 1 aromatic carbocycles. The van der Waals surface area contributed by atoms with E-state index in [1.807, 2.05) is 31.2 Å². The van der Waals surface area contributed by atoms with E-state index >= 15 is 0 Å². The maximum atomic E-state index is 11.7. The lowest BCUT2D eigenvalue weighted by molar-refractivity contribution is -0.129. The summed E-state index contributed by atoms with van der Waals surface area (Å²) in [6.07, 6.45) is 0.442. The fourth-order valence-corrected chi connectivity index (χ4v) is 1.73. The maximum absolute atomic E-state index is 11.7. The minimum atomic E-state index is 0.0653. The highest BCUT2D eigenvalue weighted by Gasteiger charge is 2.15. The van der Waals surface area contributed by atoms with Gasteiger partial charge in [-0.25, -0.2) is 0 Å². The summed E-state index contributed by atoms with van der Waals surface area (Å²) in [7, 11) is 3.52. The molecular formula is C14H22N2O2. The Balaban J connectivity index is 2.73. The largest absolute Gasteiger partial charge is 0.494 e. The van der Waals surface area contributed by atoms with Crippen molar-refractivity contribution in [1.82, 2.24) is 4.90 Å². The number of carbonyl (C=O) groups is 1. The van der Waals surface area contributed by atoms with E-state index in [9.17, 15) is 4.79 Å². The summed E-state index contributed by atoms with van der Waals surface area (Å²) in [6.45, 7) is 3.07. The number of carbonyl (C=O) groups excluding carboxylic acids is 1. The predicted octanol–water partition coefficient (Wildman–Crippen LogP) is 1.61. The first-order valence-corrected chi connectivity index (χ1v) is 6.21. The van der Waals surface area contributed by atoms with Crippen LogP contribution in [0.5, 0.6) is 5.75 Å². The zero-order valence-electron chi connectivity index (χ0n) is 11.3. The highest BCUT2D eigenvalue weighted by molar-refractivity contribution is 5.76. The lowest BCUT2D eigenvalue weighted by Gasteiger charge is -2.18. The quantitative estimate of drug-likeness (QED) is 0.834. The number of hydrogen-bond donors (Lipinski definition) is 1. The third-order valence-corrected chi connectivity index (χ3v) is 2.87. The van der Waals surface area contributed by atoms with Gasteiger partial charge in [-0.3, -0.25) is 4.79 Å². The second-order valence-corrected chi connectivity index (χ2v) is 4.43. The average Bonchev–Trinajstić information content (AvgIpc) is 2.37. The van der Waals surface area contributed by atoms with Crippen molar-refractivity contribution in [2.45, 2.75) is 19.3 Å². The van der Waals surface area contributed by atoms with Crippen molar-refractivity contribution >= 4 is 5.91 Å². The molecular weight excluding hydrogens is 228 g/mol. The van der Waals surface area contributed by atoms with E-state index < -0.39 is 0 Å². The molecule has 1 aromatic rings. The first kappa shape index (κ1) is 14.5. The topological polar surface area (TPSA) is 55.6 Å². The van der Waals surface area contributed by atoms with Gasteiger partial charge in [0.05, 0.1) is 6.61 Å². The highest BCUT2D eigenvalue weighted by Crippen LogP contribution is 2.22. The van der Waals surface area contributed by atoms with Crippen LogP contribution >= 0.6 is 0 Å². The molecule has 0 saturated carbocycles. The molecule has 2 N–H and O–H groups in total. The molecule has 1 amide bonds. The minimum absolute atomic E-state index is 0.0653. The first-order chi connectivity index (χ1) is 8.58. The van der Waals surface area contributed by atoms with E-state index in [2.05, 4.69) is 0 Å². The van der Waals surface area contributed by atoms with Crippen molar-refractivity contribution in [3.63, 3.8) is 0 Å². The second kappa shape index (κ2) is 7.01. The Morgan fingerprint density at radius 1 is 1.33 bits per heavy atom. The van der Waals surface area contributed by atoms with E-state index in [0.717, 1.165) is 11.3 Å². The Hall–Kier alpha value is -1.55. The van der Waals surface area contributed by atoms with E-state index in [0.29, 0.717) is 19.6 Å². The normalized spacial score (nSPS) is 12.0. The molecule has 4 heteroatoms. The number of hydrogen-bond acceptors (Lipinski definition) is 3. The highest BCUT2D eigenvalue weighted by atomic mass is 16.5. The zero-order chi connectivity index (χ0) is 13.5. The van der Waals surface area contributed by atoms with Gasteiger partial charge in [-0.1, -0.05) is 12.1 Å². The number of amides is 1. The number of benzene rings is 1. The standard InChI is InChI=1S/C14H22N2O2/c1-4-18-13-7-5-11(6-8-13)12(10-15)9-14(17)16(2)3/h5-8,12H,4,9-10,15H2,1-3H3. The Bertz CT molecular complexity index is 374. The third-order valence-electron chi connectivity index (χ3n) is 2.87. The summed E-state index contributed by atoms with van der Waals surface area (Å²) >= 11 is 0. The number of nitrogens with two attached hydrogens (primary N) is 1. The van der Waals surface area contributed by atoms with Crippen LogP contribution in [0.3, 0.4) is 0 Å². The summed E-state index contributed by atoms with van der Waals surface area (Å²) in [5, 5.41) is 0. The van der Waals surface area contributed by atoms with Crippen LogP contribution in [0.1, 0.15) is 24.8 Å². The molecule has 1 atom stereocenters. The van der Waals surface area contributed by atoms with Gasteiger partial charge in [0.25, 0.3) is 0 Å². The van der Waals surface area contributed by atoms with Gasteiger partial charge in [-0.2, -0.15) is 0 Å². The van der Waals surface area contributed by atoms with Crippen LogP contribution in [0, 0.1) is 0 Å². The van der Waals surface area contributed by atoms with Gasteiger partial charge in [0.2, 0.25) is 5.91 Å². The SMILES string of the molecule is CCOc1ccc(C(CN)CC(=O)N(C)C)cc1. The van der Waals surface area contributed by atoms with Gasteiger partial charge in [-0.05, 0) is 31.2 Å². The van der Waals surface area contributed by atoms with Crippen molar-refractivity contribution in [2.75, 3.05) is 27.2 Å². The van der Waals surface area contributed by atoms with Gasteiger partial charge in [0.1, 0.15) is 5.75 Å². The fourth-order valence-electron chi connectivity index (χ4n) is 1.73. The number of ether oxygens (including phenoxy) is 1. The van der Waals surface area contributed by atoms with Crippen molar-refractivity contribution < 1.29 is 9.53 Å². The number of rotatable bonds is 6. The monoisotopic (exact) mass is 250 g/mol. The van der Waals surface area contributed by atoms with Crippen molar-refractivity contribution in [1.29, 1.82) is 0 Å². The Labute approximate surface area is 109 Å². The molecule has 4 nitrogen and oxygen atoms in total. The molecule has 0 saturated heterocycles. The second-order valence-electron chi connectivity index (χ2n) is 4.43. The molecule has 18 heavy (non-hydrogen) atoms. The Morgan fingerprint density at radius 3 is 2.39 bits per heavy atom. The molecule has 0 aromatic heterocycles. The molecule has 0 aliphatic heterocycles. The van der Waals surface area contributed by atoms with Crippen LogP contribution < -0.4 is 10.5 Å². The van der Waals surface area contributed by atoms with Gasteiger partial charge < -0.3 is 15.4 Å². The van der Waals surface area contributed by atoms with Crippen molar-refractivity contribution in [2.24, 2.45) is 5.73 Å². The Morgan fingerprint density at radius 2 is 1.94 bits per heavy atom.